The average Bonchev–Trinajstić information content (AvgIpc) is 3.12. The molecule has 3 aromatic rings. The largest absolute Gasteiger partial charge is 0.485 e. The van der Waals surface area contributed by atoms with E-state index >= 15 is 0 Å². The second kappa shape index (κ2) is 11.0. The monoisotopic (exact) mass is 468 g/mol. The highest BCUT2D eigenvalue weighted by atomic mass is 32.2. The molecule has 2 aromatic carbocycles. The Labute approximate surface area is 197 Å². The predicted octanol–water partition coefficient (Wildman–Crippen LogP) is 4.31. The summed E-state index contributed by atoms with van der Waals surface area (Å²) in [5.41, 5.74) is 3.09. The first-order valence-corrected chi connectivity index (χ1v) is 11.5. The molecule has 0 saturated heterocycles. The van der Waals surface area contributed by atoms with Crippen molar-refractivity contribution in [2.45, 2.75) is 45.6 Å². The number of aryl methyl sites for hydroxylation is 2. The van der Waals surface area contributed by atoms with E-state index in [4.69, 9.17) is 9.47 Å². The minimum Gasteiger partial charge on any atom is -0.485 e. The number of ether oxygens (including phenoxy) is 2. The van der Waals surface area contributed by atoms with Gasteiger partial charge in [-0.3, -0.25) is 4.79 Å². The average molecular weight is 469 g/mol. The Morgan fingerprint density at radius 3 is 2.67 bits per heavy atom. The highest BCUT2D eigenvalue weighted by Gasteiger charge is 2.14. The van der Waals surface area contributed by atoms with Gasteiger partial charge in [0.15, 0.2) is 11.0 Å². The van der Waals surface area contributed by atoms with Crippen LogP contribution in [0, 0.1) is 13.8 Å². The minimum atomic E-state index is -0.426. The Bertz CT molecular complexity index is 1140. The maximum atomic E-state index is 12.4. The summed E-state index contributed by atoms with van der Waals surface area (Å²) >= 11 is 1.27. The smallest absolute Gasteiger partial charge is 0.338 e. The summed E-state index contributed by atoms with van der Waals surface area (Å²) in [6, 6.07) is 12.7. The van der Waals surface area contributed by atoms with E-state index in [1.54, 1.807) is 38.1 Å². The zero-order chi connectivity index (χ0) is 24.0. The lowest BCUT2D eigenvalue weighted by Gasteiger charge is -2.10. The third kappa shape index (κ3) is 6.82. The fourth-order valence-electron chi connectivity index (χ4n) is 2.93. The van der Waals surface area contributed by atoms with Gasteiger partial charge in [0.25, 0.3) is 0 Å². The van der Waals surface area contributed by atoms with E-state index in [1.807, 2.05) is 43.7 Å². The quantitative estimate of drug-likeness (QED) is 0.369. The van der Waals surface area contributed by atoms with Crippen molar-refractivity contribution in [3.8, 4) is 5.75 Å². The van der Waals surface area contributed by atoms with Crippen LogP contribution in [0.5, 0.6) is 5.75 Å². The Hall–Kier alpha value is -3.33. The fourth-order valence-corrected chi connectivity index (χ4v) is 3.66. The van der Waals surface area contributed by atoms with Crippen LogP contribution in [-0.4, -0.2) is 38.5 Å². The summed E-state index contributed by atoms with van der Waals surface area (Å²) in [5.74, 6) is 0.974. The number of rotatable bonds is 9. The van der Waals surface area contributed by atoms with Crippen LogP contribution >= 0.6 is 11.8 Å². The van der Waals surface area contributed by atoms with Crippen LogP contribution in [-0.2, 0) is 23.2 Å². The lowest BCUT2D eigenvalue weighted by atomic mass is 10.1. The zero-order valence-corrected chi connectivity index (χ0v) is 20.2. The number of carbonyl (C=O) groups is 2. The van der Waals surface area contributed by atoms with Crippen LogP contribution in [0.4, 0.5) is 5.69 Å². The molecule has 0 aliphatic heterocycles. The zero-order valence-electron chi connectivity index (χ0n) is 19.4. The van der Waals surface area contributed by atoms with Gasteiger partial charge in [-0.15, -0.1) is 10.2 Å². The summed E-state index contributed by atoms with van der Waals surface area (Å²) < 4.78 is 12.9. The van der Waals surface area contributed by atoms with E-state index in [0.717, 1.165) is 16.9 Å². The molecule has 0 unspecified atom stereocenters. The standard InChI is InChI=1S/C24H28N4O4S/c1-15(2)32-23(30)18-7-6-8-19(12-18)25-22(29)14-33-24-27-26-21(28(24)5)13-31-20-11-16(3)9-10-17(20)4/h6-12,15H,13-14H2,1-5H3,(H,25,29). The number of aromatic nitrogens is 3. The SMILES string of the molecule is Cc1ccc(C)c(OCc2nnc(SCC(=O)Nc3cccc(C(=O)OC(C)C)c3)n2C)c1. The van der Waals surface area contributed by atoms with Gasteiger partial charge >= 0.3 is 5.97 Å². The van der Waals surface area contributed by atoms with Crippen LogP contribution in [0.25, 0.3) is 0 Å². The van der Waals surface area contributed by atoms with Gasteiger partial charge in [-0.1, -0.05) is 30.0 Å². The van der Waals surface area contributed by atoms with Gasteiger partial charge < -0.3 is 19.4 Å². The molecule has 0 radical (unpaired) electrons. The third-order valence-electron chi connectivity index (χ3n) is 4.68. The van der Waals surface area contributed by atoms with Gasteiger partial charge in [-0.2, -0.15) is 0 Å². The minimum absolute atomic E-state index is 0.143. The summed E-state index contributed by atoms with van der Waals surface area (Å²) in [7, 11) is 1.84. The van der Waals surface area contributed by atoms with Gasteiger partial charge in [0.05, 0.1) is 17.4 Å². The molecule has 1 N–H and O–H groups in total. The molecule has 1 heterocycles. The van der Waals surface area contributed by atoms with Crippen LogP contribution in [0.2, 0.25) is 0 Å². The molecule has 33 heavy (non-hydrogen) atoms. The first-order chi connectivity index (χ1) is 15.7. The summed E-state index contributed by atoms with van der Waals surface area (Å²) in [6.07, 6.45) is -0.213. The van der Waals surface area contributed by atoms with Gasteiger partial charge in [0.1, 0.15) is 12.4 Å². The van der Waals surface area contributed by atoms with Crippen molar-refractivity contribution < 1.29 is 19.1 Å². The van der Waals surface area contributed by atoms with E-state index in [-0.39, 0.29) is 24.4 Å². The first-order valence-electron chi connectivity index (χ1n) is 10.5. The second-order valence-electron chi connectivity index (χ2n) is 7.89. The van der Waals surface area contributed by atoms with Gasteiger partial charge in [0, 0.05) is 12.7 Å². The first kappa shape index (κ1) is 24.3. The number of nitrogens with zero attached hydrogens (tertiary/aromatic N) is 3. The molecule has 0 bridgehead atoms. The van der Waals surface area contributed by atoms with Crippen molar-refractivity contribution in [1.29, 1.82) is 0 Å². The number of hydrogen-bond donors (Lipinski definition) is 1. The van der Waals surface area contributed by atoms with Crippen molar-refractivity contribution in [3.05, 3.63) is 65.0 Å². The lowest BCUT2D eigenvalue weighted by molar-refractivity contribution is -0.113. The van der Waals surface area contributed by atoms with E-state index in [0.29, 0.717) is 22.2 Å². The Balaban J connectivity index is 1.54. The summed E-state index contributed by atoms with van der Waals surface area (Å²) in [6.45, 7) is 7.86. The molecule has 0 spiro atoms. The molecule has 1 aromatic heterocycles. The van der Waals surface area contributed by atoms with Gasteiger partial charge in [-0.05, 0) is 63.1 Å². The molecular weight excluding hydrogens is 440 g/mol. The second-order valence-corrected chi connectivity index (χ2v) is 8.83. The molecule has 0 aliphatic carbocycles. The van der Waals surface area contributed by atoms with E-state index in [2.05, 4.69) is 15.5 Å². The molecule has 1 amide bonds. The normalized spacial score (nSPS) is 10.8. The predicted molar refractivity (Wildman–Crippen MR) is 128 cm³/mol. The molecular formula is C24H28N4O4S. The van der Waals surface area contributed by atoms with E-state index in [1.165, 1.54) is 11.8 Å². The molecule has 3 rings (SSSR count). The lowest BCUT2D eigenvalue weighted by Crippen LogP contribution is -2.16. The summed E-state index contributed by atoms with van der Waals surface area (Å²) in [5, 5.41) is 11.8. The number of amides is 1. The maximum Gasteiger partial charge on any atom is 0.338 e. The molecule has 0 atom stereocenters. The van der Waals surface area contributed by atoms with Gasteiger partial charge in [0.2, 0.25) is 5.91 Å². The topological polar surface area (TPSA) is 95.3 Å². The highest BCUT2D eigenvalue weighted by molar-refractivity contribution is 7.99. The van der Waals surface area contributed by atoms with Crippen molar-refractivity contribution in [1.82, 2.24) is 14.8 Å². The number of esters is 1. The van der Waals surface area contributed by atoms with Crippen molar-refractivity contribution in [2.75, 3.05) is 11.1 Å². The number of hydrogen-bond acceptors (Lipinski definition) is 7. The Kier molecular flexibility index (Phi) is 8.11. The van der Waals surface area contributed by atoms with Crippen molar-refractivity contribution in [3.63, 3.8) is 0 Å². The molecule has 0 fully saturated rings. The van der Waals surface area contributed by atoms with Crippen molar-refractivity contribution in [2.24, 2.45) is 7.05 Å². The number of carbonyl (C=O) groups excluding carboxylic acids is 2. The molecule has 0 saturated carbocycles. The van der Waals surface area contributed by atoms with E-state index < -0.39 is 5.97 Å². The van der Waals surface area contributed by atoms with Crippen LogP contribution in [0.3, 0.4) is 0 Å². The number of benzene rings is 2. The fraction of sp³-hybridized carbons (Fsp3) is 0.333. The van der Waals surface area contributed by atoms with Crippen molar-refractivity contribution >= 4 is 29.3 Å². The summed E-state index contributed by atoms with van der Waals surface area (Å²) in [4.78, 5) is 24.5. The maximum absolute atomic E-state index is 12.4. The van der Waals surface area contributed by atoms with Crippen LogP contribution in [0.15, 0.2) is 47.6 Å². The number of thioether (sulfide) groups is 1. The third-order valence-corrected chi connectivity index (χ3v) is 5.70. The molecule has 174 valence electrons. The van der Waals surface area contributed by atoms with Crippen LogP contribution in [0.1, 0.15) is 41.2 Å². The Morgan fingerprint density at radius 1 is 1.12 bits per heavy atom. The van der Waals surface area contributed by atoms with Gasteiger partial charge in [-0.25, -0.2) is 4.79 Å². The highest BCUT2D eigenvalue weighted by Crippen LogP contribution is 2.22. The number of anilines is 1. The molecule has 8 nitrogen and oxygen atoms in total. The Morgan fingerprint density at radius 2 is 1.91 bits per heavy atom. The molecule has 9 heteroatoms. The molecule has 0 aliphatic rings. The van der Waals surface area contributed by atoms with Crippen LogP contribution < -0.4 is 10.1 Å². The number of nitrogens with one attached hydrogen (secondary N) is 1. The van der Waals surface area contributed by atoms with E-state index in [9.17, 15) is 9.59 Å².